The number of hydrogen-bond acceptors (Lipinski definition) is 0. The van der Waals surface area contributed by atoms with Crippen LogP contribution in [0.15, 0.2) is 12.3 Å². The van der Waals surface area contributed by atoms with E-state index in [1.165, 1.54) is 11.3 Å². The van der Waals surface area contributed by atoms with Gasteiger partial charge in [0.2, 0.25) is 0 Å². The number of aromatic nitrogens is 1. The molecule has 0 atom stereocenters. The zero-order chi connectivity index (χ0) is 4.69. The molecule has 0 aromatic carbocycles. The molecule has 7 heavy (non-hydrogen) atoms. The Bertz CT molecular complexity index is 187. The Labute approximate surface area is 41.7 Å². The van der Waals surface area contributed by atoms with E-state index in [1.807, 2.05) is 6.20 Å². The van der Waals surface area contributed by atoms with Crippen LogP contribution in [-0.4, -0.2) is 4.98 Å². The molecule has 0 fully saturated rings. The topological polar surface area (TPSA) is 15.8 Å². The third-order valence-corrected chi connectivity index (χ3v) is 1.24. The quantitative estimate of drug-likeness (QED) is 0.505. The summed E-state index contributed by atoms with van der Waals surface area (Å²) in [5.41, 5.74) is 2.60. The van der Waals surface area contributed by atoms with Crippen molar-refractivity contribution >= 4 is 12.2 Å². The largest absolute Gasteiger partial charge is 0.361 e. The van der Waals surface area contributed by atoms with Gasteiger partial charge >= 0.3 is 0 Å². The smallest absolute Gasteiger partial charge is 0.0454 e. The first-order valence-electron chi connectivity index (χ1n) is 2.32. The molecule has 34 valence electrons. The van der Waals surface area contributed by atoms with E-state index in [0.29, 0.717) is 0 Å². The first-order valence-corrected chi connectivity index (χ1v) is 2.32. The van der Waals surface area contributed by atoms with E-state index < -0.39 is 0 Å². The monoisotopic (exact) mass is 91.0 g/mol. The summed E-state index contributed by atoms with van der Waals surface area (Å²) in [5.74, 6) is 0. The van der Waals surface area contributed by atoms with E-state index in [4.69, 9.17) is 0 Å². The SMILES string of the molecule is C1=Cc2[nH]ccc21. The Balaban J connectivity index is 2.79. The zero-order valence-corrected chi connectivity index (χ0v) is 3.81. The van der Waals surface area contributed by atoms with Gasteiger partial charge in [-0.15, -0.1) is 0 Å². The molecule has 1 heteroatoms. The van der Waals surface area contributed by atoms with Crippen molar-refractivity contribution < 1.29 is 0 Å². The van der Waals surface area contributed by atoms with E-state index in [9.17, 15) is 0 Å². The van der Waals surface area contributed by atoms with Gasteiger partial charge in [0.05, 0.1) is 0 Å². The van der Waals surface area contributed by atoms with Gasteiger partial charge in [-0.05, 0) is 17.7 Å². The molecule has 0 amide bonds. The Hall–Kier alpha value is -0.980. The molecule has 1 N–H and O–H groups in total. The Kier molecular flexibility index (Phi) is 0.355. The molecule has 0 radical (unpaired) electrons. The van der Waals surface area contributed by atoms with E-state index in [-0.39, 0.29) is 0 Å². The maximum absolute atomic E-state index is 3.07. The van der Waals surface area contributed by atoms with Crippen molar-refractivity contribution in [2.75, 3.05) is 0 Å². The van der Waals surface area contributed by atoms with E-state index in [1.54, 1.807) is 0 Å². The lowest BCUT2D eigenvalue weighted by Crippen LogP contribution is -1.81. The fraction of sp³-hybridized carbons (Fsp3) is 0. The highest BCUT2D eigenvalue weighted by atomic mass is 14.7. The standard InChI is InChI=1S/C6H5N/c1-2-6-5(1)3-4-7-6/h1-4,7H. The van der Waals surface area contributed by atoms with Gasteiger partial charge in [-0.3, -0.25) is 0 Å². The van der Waals surface area contributed by atoms with Crippen LogP contribution in [0.4, 0.5) is 0 Å². The maximum Gasteiger partial charge on any atom is 0.0454 e. The van der Waals surface area contributed by atoms with Crippen molar-refractivity contribution in [2.24, 2.45) is 0 Å². The fourth-order valence-corrected chi connectivity index (χ4v) is 0.761. The summed E-state index contributed by atoms with van der Waals surface area (Å²) in [6.07, 6.45) is 6.10. The fourth-order valence-electron chi connectivity index (χ4n) is 0.761. The second-order valence-electron chi connectivity index (χ2n) is 1.68. The summed E-state index contributed by atoms with van der Waals surface area (Å²) in [7, 11) is 0. The molecule has 0 bridgehead atoms. The van der Waals surface area contributed by atoms with Gasteiger partial charge in [0.25, 0.3) is 0 Å². The predicted molar refractivity (Wildman–Crippen MR) is 29.7 cm³/mol. The van der Waals surface area contributed by atoms with Crippen molar-refractivity contribution in [1.82, 2.24) is 4.98 Å². The van der Waals surface area contributed by atoms with Gasteiger partial charge in [-0.2, -0.15) is 0 Å². The normalized spacial score (nSPS) is 13.1. The lowest BCUT2D eigenvalue weighted by Gasteiger charge is -1.98. The third-order valence-electron chi connectivity index (χ3n) is 1.24. The minimum absolute atomic E-state index is 1.26. The molecular weight excluding hydrogens is 86.1 g/mol. The number of aromatic amines is 1. The molecule has 0 spiro atoms. The molecule has 2 rings (SSSR count). The van der Waals surface area contributed by atoms with Crippen molar-refractivity contribution in [3.05, 3.63) is 23.5 Å². The van der Waals surface area contributed by atoms with Gasteiger partial charge in [-0.25, -0.2) is 0 Å². The van der Waals surface area contributed by atoms with Crippen molar-refractivity contribution in [2.45, 2.75) is 0 Å². The molecule has 1 aliphatic rings. The summed E-state index contributed by atoms with van der Waals surface area (Å²) in [6.45, 7) is 0. The second kappa shape index (κ2) is 0.808. The first kappa shape index (κ1) is 3.08. The molecule has 1 aromatic heterocycles. The predicted octanol–water partition coefficient (Wildman–Crippen LogP) is 1.50. The van der Waals surface area contributed by atoms with Crippen LogP contribution in [0.2, 0.25) is 0 Å². The van der Waals surface area contributed by atoms with Crippen LogP contribution in [0.5, 0.6) is 0 Å². The molecule has 0 saturated heterocycles. The van der Waals surface area contributed by atoms with Gasteiger partial charge in [0.1, 0.15) is 0 Å². The van der Waals surface area contributed by atoms with E-state index in [0.717, 1.165) is 0 Å². The van der Waals surface area contributed by atoms with Crippen LogP contribution >= 0.6 is 0 Å². The number of H-pyrrole nitrogens is 1. The Morgan fingerprint density at radius 2 is 2.29 bits per heavy atom. The van der Waals surface area contributed by atoms with Crippen LogP contribution in [0.25, 0.3) is 12.2 Å². The molecule has 0 saturated carbocycles. The minimum Gasteiger partial charge on any atom is -0.361 e. The van der Waals surface area contributed by atoms with Gasteiger partial charge in [0.15, 0.2) is 0 Å². The highest BCUT2D eigenvalue weighted by molar-refractivity contribution is 5.83. The van der Waals surface area contributed by atoms with Crippen LogP contribution in [0.3, 0.4) is 0 Å². The van der Waals surface area contributed by atoms with E-state index in [2.05, 4.69) is 23.2 Å². The van der Waals surface area contributed by atoms with Crippen LogP contribution < -0.4 is 0 Å². The number of hydrogen-bond donors (Lipinski definition) is 1. The lowest BCUT2D eigenvalue weighted by atomic mass is 10.1. The van der Waals surface area contributed by atoms with Crippen molar-refractivity contribution in [1.29, 1.82) is 0 Å². The Morgan fingerprint density at radius 1 is 1.29 bits per heavy atom. The van der Waals surface area contributed by atoms with Gasteiger partial charge < -0.3 is 4.98 Å². The van der Waals surface area contributed by atoms with Gasteiger partial charge in [0, 0.05) is 11.9 Å². The molecule has 0 aliphatic heterocycles. The minimum atomic E-state index is 1.26. The number of rotatable bonds is 0. The molecule has 1 heterocycles. The summed E-state index contributed by atoms with van der Waals surface area (Å²) >= 11 is 0. The van der Waals surface area contributed by atoms with Crippen molar-refractivity contribution in [3.8, 4) is 0 Å². The zero-order valence-electron chi connectivity index (χ0n) is 3.81. The van der Waals surface area contributed by atoms with Crippen LogP contribution in [-0.2, 0) is 0 Å². The number of nitrogens with one attached hydrogen (secondary N) is 1. The summed E-state index contributed by atoms with van der Waals surface area (Å²) in [5, 5.41) is 0. The lowest BCUT2D eigenvalue weighted by molar-refractivity contribution is 1.36. The highest BCUT2D eigenvalue weighted by Crippen LogP contribution is 2.19. The Morgan fingerprint density at radius 3 is 2.57 bits per heavy atom. The van der Waals surface area contributed by atoms with Crippen LogP contribution in [0.1, 0.15) is 11.3 Å². The summed E-state index contributed by atoms with van der Waals surface area (Å²) in [6, 6.07) is 2.06. The van der Waals surface area contributed by atoms with Crippen molar-refractivity contribution in [3.63, 3.8) is 0 Å². The molecule has 1 nitrogen and oxygen atoms in total. The molecular formula is C6H5N. The second-order valence-corrected chi connectivity index (χ2v) is 1.68. The molecule has 1 aromatic rings. The first-order chi connectivity index (χ1) is 3.47. The summed E-state index contributed by atoms with van der Waals surface area (Å²) < 4.78 is 0. The number of fused-ring (bicyclic) bond motifs is 1. The average molecular weight is 91.1 g/mol. The van der Waals surface area contributed by atoms with Crippen LogP contribution in [0, 0.1) is 0 Å². The average Bonchev–Trinajstić information content (AvgIpc) is 1.85. The highest BCUT2D eigenvalue weighted by Gasteiger charge is 2.02. The third kappa shape index (κ3) is 0.233. The van der Waals surface area contributed by atoms with E-state index >= 15 is 0 Å². The molecule has 1 aliphatic carbocycles. The maximum atomic E-state index is 3.07. The summed E-state index contributed by atoms with van der Waals surface area (Å²) in [4.78, 5) is 3.07. The molecule has 0 unspecified atom stereocenters. The van der Waals surface area contributed by atoms with Gasteiger partial charge in [-0.1, -0.05) is 6.08 Å².